The van der Waals surface area contributed by atoms with Gasteiger partial charge in [-0.05, 0) is 46.0 Å². The van der Waals surface area contributed by atoms with E-state index in [1.165, 1.54) is 0 Å². The molecule has 0 spiro atoms. The molecule has 0 unspecified atom stereocenters. The quantitative estimate of drug-likeness (QED) is 0.610. The number of carbonyl (C=O) groups excluding carboxylic acids is 1. The van der Waals surface area contributed by atoms with E-state index in [9.17, 15) is 13.2 Å². The van der Waals surface area contributed by atoms with E-state index in [4.69, 9.17) is 8.92 Å². The summed E-state index contributed by atoms with van der Waals surface area (Å²) in [5.74, 6) is -0.110. The van der Waals surface area contributed by atoms with Gasteiger partial charge in [0.25, 0.3) is 10.1 Å². The molecule has 1 rings (SSSR count). The van der Waals surface area contributed by atoms with Gasteiger partial charge in [-0.3, -0.25) is 8.98 Å². The van der Waals surface area contributed by atoms with Gasteiger partial charge in [0.05, 0.1) is 18.9 Å². The van der Waals surface area contributed by atoms with Crippen molar-refractivity contribution >= 4 is 16.1 Å². The Morgan fingerprint density at radius 1 is 1.29 bits per heavy atom. The molecular weight excluding hydrogens is 294 g/mol. The van der Waals surface area contributed by atoms with Gasteiger partial charge in [0.2, 0.25) is 0 Å². The summed E-state index contributed by atoms with van der Waals surface area (Å²) in [7, 11) is -3.45. The number of nitrogens with one attached hydrogen (secondary N) is 1. The fourth-order valence-electron chi connectivity index (χ4n) is 2.43. The van der Waals surface area contributed by atoms with Crippen molar-refractivity contribution in [3.63, 3.8) is 0 Å². The van der Waals surface area contributed by atoms with Crippen LogP contribution < -0.4 is 5.32 Å². The SMILES string of the molecule is C[C@@H]1CC[C@@H](NCC(=O)OC(C)(C)C)C[C@H]1OS(C)(=O)=O. The highest BCUT2D eigenvalue weighted by Crippen LogP contribution is 2.27. The molecule has 0 aromatic heterocycles. The Hall–Kier alpha value is -0.660. The van der Waals surface area contributed by atoms with Gasteiger partial charge in [-0.25, -0.2) is 0 Å². The second kappa shape index (κ2) is 7.07. The molecule has 0 amide bonds. The molecule has 1 aliphatic carbocycles. The van der Waals surface area contributed by atoms with Gasteiger partial charge >= 0.3 is 5.97 Å². The first-order valence-electron chi connectivity index (χ1n) is 7.30. The highest BCUT2D eigenvalue weighted by Gasteiger charge is 2.31. The van der Waals surface area contributed by atoms with Gasteiger partial charge in [-0.1, -0.05) is 6.92 Å². The van der Waals surface area contributed by atoms with Crippen LogP contribution in [0.4, 0.5) is 0 Å². The van der Waals surface area contributed by atoms with Crippen molar-refractivity contribution in [1.29, 1.82) is 0 Å². The second-order valence-corrected chi connectivity index (χ2v) is 8.39. The Morgan fingerprint density at radius 2 is 1.90 bits per heavy atom. The Kier molecular flexibility index (Phi) is 6.19. The average Bonchev–Trinajstić information content (AvgIpc) is 2.26. The van der Waals surface area contributed by atoms with Gasteiger partial charge in [0.15, 0.2) is 0 Å². The Labute approximate surface area is 127 Å². The van der Waals surface area contributed by atoms with Crippen LogP contribution >= 0.6 is 0 Å². The summed E-state index contributed by atoms with van der Waals surface area (Å²) in [6.45, 7) is 7.58. The minimum absolute atomic E-state index is 0.0699. The third-order valence-electron chi connectivity index (χ3n) is 3.38. The zero-order chi connectivity index (χ0) is 16.3. The van der Waals surface area contributed by atoms with Crippen LogP contribution in [0.1, 0.15) is 47.0 Å². The first-order chi connectivity index (χ1) is 9.46. The summed E-state index contributed by atoms with van der Waals surface area (Å²) in [5, 5.41) is 3.13. The van der Waals surface area contributed by atoms with E-state index in [0.29, 0.717) is 6.42 Å². The molecule has 3 atom stereocenters. The molecule has 6 nitrogen and oxygen atoms in total. The van der Waals surface area contributed by atoms with E-state index >= 15 is 0 Å². The first kappa shape index (κ1) is 18.4. The third kappa shape index (κ3) is 7.78. The fourth-order valence-corrected chi connectivity index (χ4v) is 3.15. The summed E-state index contributed by atoms with van der Waals surface area (Å²) in [4.78, 5) is 11.7. The highest BCUT2D eigenvalue weighted by atomic mass is 32.2. The van der Waals surface area contributed by atoms with E-state index in [2.05, 4.69) is 5.32 Å². The lowest BCUT2D eigenvalue weighted by molar-refractivity contribution is -0.153. The van der Waals surface area contributed by atoms with Crippen molar-refractivity contribution in [2.45, 2.75) is 64.7 Å². The molecule has 0 aliphatic heterocycles. The molecule has 1 saturated carbocycles. The fraction of sp³-hybridized carbons (Fsp3) is 0.929. The maximum absolute atomic E-state index is 11.7. The Morgan fingerprint density at radius 3 is 2.43 bits per heavy atom. The largest absolute Gasteiger partial charge is 0.459 e. The van der Waals surface area contributed by atoms with E-state index < -0.39 is 15.7 Å². The Bertz CT molecular complexity index is 454. The molecule has 7 heteroatoms. The van der Waals surface area contributed by atoms with Gasteiger partial charge in [0, 0.05) is 6.04 Å². The van der Waals surface area contributed by atoms with Crippen molar-refractivity contribution < 1.29 is 22.1 Å². The zero-order valence-electron chi connectivity index (χ0n) is 13.5. The molecule has 0 aromatic rings. The normalized spacial score (nSPS) is 27.4. The monoisotopic (exact) mass is 321 g/mol. The first-order valence-corrected chi connectivity index (χ1v) is 9.11. The van der Waals surface area contributed by atoms with Gasteiger partial charge < -0.3 is 10.1 Å². The number of esters is 1. The van der Waals surface area contributed by atoms with Crippen LogP contribution in [0.2, 0.25) is 0 Å². The van der Waals surface area contributed by atoms with Crippen molar-refractivity contribution in [1.82, 2.24) is 5.32 Å². The lowest BCUT2D eigenvalue weighted by Gasteiger charge is -2.33. The van der Waals surface area contributed by atoms with Crippen molar-refractivity contribution in [2.24, 2.45) is 5.92 Å². The molecule has 0 aromatic carbocycles. The maximum Gasteiger partial charge on any atom is 0.320 e. The predicted molar refractivity (Wildman–Crippen MR) is 80.4 cm³/mol. The molecule has 0 radical (unpaired) electrons. The number of ether oxygens (including phenoxy) is 1. The van der Waals surface area contributed by atoms with E-state index in [0.717, 1.165) is 19.1 Å². The summed E-state index contributed by atoms with van der Waals surface area (Å²) in [5.41, 5.74) is -0.498. The average molecular weight is 321 g/mol. The number of hydrogen-bond acceptors (Lipinski definition) is 6. The van der Waals surface area contributed by atoms with Gasteiger partial charge in [-0.2, -0.15) is 8.42 Å². The van der Waals surface area contributed by atoms with Crippen LogP contribution in [-0.2, 0) is 23.8 Å². The third-order valence-corrected chi connectivity index (χ3v) is 3.97. The standard InChI is InChI=1S/C14H27NO5S/c1-10-6-7-11(8-12(10)20-21(5,17)18)15-9-13(16)19-14(2,3)4/h10-12,15H,6-9H2,1-5H3/t10-,11-,12-/m1/s1. The molecule has 1 aliphatic rings. The van der Waals surface area contributed by atoms with Crippen LogP contribution in [0.25, 0.3) is 0 Å². The smallest absolute Gasteiger partial charge is 0.320 e. The van der Waals surface area contributed by atoms with E-state index in [-0.39, 0.29) is 30.6 Å². The van der Waals surface area contributed by atoms with Crippen molar-refractivity contribution in [3.05, 3.63) is 0 Å². The number of rotatable bonds is 5. The summed E-state index contributed by atoms with van der Waals surface area (Å²) in [6, 6.07) is 0.0699. The molecule has 21 heavy (non-hydrogen) atoms. The van der Waals surface area contributed by atoms with E-state index in [1.807, 2.05) is 27.7 Å². The van der Waals surface area contributed by atoms with Gasteiger partial charge in [0.1, 0.15) is 5.60 Å². The minimum atomic E-state index is -3.45. The molecule has 1 fully saturated rings. The topological polar surface area (TPSA) is 81.7 Å². The van der Waals surface area contributed by atoms with Crippen LogP contribution in [0.15, 0.2) is 0 Å². The lowest BCUT2D eigenvalue weighted by Crippen LogP contribution is -2.44. The zero-order valence-corrected chi connectivity index (χ0v) is 14.3. The van der Waals surface area contributed by atoms with Crippen LogP contribution in [0.3, 0.4) is 0 Å². The molecule has 0 bridgehead atoms. The maximum atomic E-state index is 11.7. The van der Waals surface area contributed by atoms with Crippen molar-refractivity contribution in [3.8, 4) is 0 Å². The summed E-state index contributed by atoms with van der Waals surface area (Å²) >= 11 is 0. The Balaban J connectivity index is 2.45. The van der Waals surface area contributed by atoms with Crippen molar-refractivity contribution in [2.75, 3.05) is 12.8 Å². The molecule has 0 saturated heterocycles. The summed E-state index contributed by atoms with van der Waals surface area (Å²) in [6.07, 6.45) is 3.08. The second-order valence-electron chi connectivity index (χ2n) is 6.79. The number of carbonyl (C=O) groups is 1. The van der Waals surface area contributed by atoms with Gasteiger partial charge in [-0.15, -0.1) is 0 Å². The highest BCUT2D eigenvalue weighted by molar-refractivity contribution is 7.86. The number of hydrogen-bond donors (Lipinski definition) is 1. The minimum Gasteiger partial charge on any atom is -0.459 e. The molecular formula is C14H27NO5S. The van der Waals surface area contributed by atoms with Crippen LogP contribution in [0.5, 0.6) is 0 Å². The van der Waals surface area contributed by atoms with Crippen LogP contribution in [0, 0.1) is 5.92 Å². The lowest BCUT2D eigenvalue weighted by atomic mass is 9.85. The summed E-state index contributed by atoms with van der Waals surface area (Å²) < 4.78 is 32.9. The molecule has 0 heterocycles. The van der Waals surface area contributed by atoms with E-state index in [1.54, 1.807) is 0 Å². The molecule has 1 N–H and O–H groups in total. The predicted octanol–water partition coefficient (Wildman–Crippen LogP) is 1.45. The molecule has 124 valence electrons. The van der Waals surface area contributed by atoms with Crippen LogP contribution in [-0.4, -0.2) is 44.9 Å².